The van der Waals surface area contributed by atoms with Crippen LogP contribution in [0.15, 0.2) is 29.6 Å². The molecule has 1 aromatic heterocycles. The van der Waals surface area contributed by atoms with Crippen molar-refractivity contribution in [1.29, 1.82) is 0 Å². The van der Waals surface area contributed by atoms with Crippen LogP contribution in [0.1, 0.15) is 53.2 Å². The molecule has 1 aromatic carbocycles. The molecule has 0 aliphatic carbocycles. The quantitative estimate of drug-likeness (QED) is 0.793. The summed E-state index contributed by atoms with van der Waals surface area (Å²) in [5.41, 5.74) is 1.68. The molecule has 1 aliphatic rings. The van der Waals surface area contributed by atoms with Crippen LogP contribution in [-0.2, 0) is 11.2 Å². The number of aromatic nitrogens is 1. The molecular weight excluding hydrogens is 382 g/mol. The maximum absolute atomic E-state index is 12.8. The monoisotopic (exact) mass is 405 g/mol. The van der Waals surface area contributed by atoms with E-state index in [0.717, 1.165) is 36.5 Å². The molecule has 7 heteroatoms. The molecule has 0 unspecified atom stereocenters. The lowest BCUT2D eigenvalue weighted by Crippen LogP contribution is -2.39. The zero-order chi connectivity index (χ0) is 19.2. The first-order chi connectivity index (χ1) is 13.1. The summed E-state index contributed by atoms with van der Waals surface area (Å²) >= 11 is 7.57. The highest BCUT2D eigenvalue weighted by Crippen LogP contribution is 2.30. The van der Waals surface area contributed by atoms with Crippen molar-refractivity contribution in [3.63, 3.8) is 0 Å². The fraction of sp³-hybridized carbons (Fsp3) is 0.450. The van der Waals surface area contributed by atoms with Gasteiger partial charge in [-0.1, -0.05) is 18.5 Å². The number of piperidine rings is 1. The van der Waals surface area contributed by atoms with Gasteiger partial charge in [-0.05, 0) is 37.1 Å². The van der Waals surface area contributed by atoms with Crippen LogP contribution in [-0.4, -0.2) is 41.3 Å². The van der Waals surface area contributed by atoms with Crippen LogP contribution in [0.2, 0.25) is 5.02 Å². The minimum absolute atomic E-state index is 0.0513. The number of benzene rings is 1. The van der Waals surface area contributed by atoms with Crippen molar-refractivity contribution in [3.05, 3.63) is 50.9 Å². The van der Waals surface area contributed by atoms with E-state index in [1.807, 2.05) is 11.8 Å². The number of thiazole rings is 1. The normalized spacial score (nSPS) is 17.0. The van der Waals surface area contributed by atoms with E-state index < -0.39 is 0 Å². The summed E-state index contributed by atoms with van der Waals surface area (Å²) < 4.78 is 0. The summed E-state index contributed by atoms with van der Waals surface area (Å²) in [4.78, 5) is 30.7. The predicted octanol–water partition coefficient (Wildman–Crippen LogP) is 3.89. The lowest BCUT2D eigenvalue weighted by molar-refractivity contribution is -0.120. The Morgan fingerprint density at radius 2 is 2.11 bits per heavy atom. The molecule has 2 heterocycles. The minimum Gasteiger partial charge on any atom is -0.356 e. The molecule has 1 aliphatic heterocycles. The van der Waals surface area contributed by atoms with Crippen molar-refractivity contribution in [2.45, 2.75) is 38.5 Å². The second-order valence-electron chi connectivity index (χ2n) is 6.73. The summed E-state index contributed by atoms with van der Waals surface area (Å²) in [6.07, 6.45) is 3.26. The second kappa shape index (κ2) is 9.33. The van der Waals surface area contributed by atoms with Crippen molar-refractivity contribution < 1.29 is 9.59 Å². The molecule has 0 radical (unpaired) electrons. The zero-order valence-corrected chi connectivity index (χ0v) is 17.0. The summed E-state index contributed by atoms with van der Waals surface area (Å²) in [7, 11) is 0. The number of rotatable bonds is 6. The van der Waals surface area contributed by atoms with Crippen LogP contribution < -0.4 is 5.32 Å². The molecule has 0 saturated carbocycles. The Labute approximate surface area is 168 Å². The summed E-state index contributed by atoms with van der Waals surface area (Å²) in [5.74, 6) is 0.392. The highest BCUT2D eigenvalue weighted by Gasteiger charge is 2.27. The molecular formula is C20H24ClN3O2S. The number of halogens is 1. The molecule has 1 atom stereocenters. The molecule has 1 fully saturated rings. The number of carbonyl (C=O) groups is 2. The number of nitrogens with one attached hydrogen (secondary N) is 1. The van der Waals surface area contributed by atoms with Crippen LogP contribution in [0.5, 0.6) is 0 Å². The predicted molar refractivity (Wildman–Crippen MR) is 108 cm³/mol. The van der Waals surface area contributed by atoms with Gasteiger partial charge in [0.15, 0.2) is 0 Å². The number of amides is 2. The van der Waals surface area contributed by atoms with E-state index >= 15 is 0 Å². The van der Waals surface area contributed by atoms with Crippen LogP contribution in [0.25, 0.3) is 0 Å². The molecule has 27 heavy (non-hydrogen) atoms. The van der Waals surface area contributed by atoms with Crippen LogP contribution in [0, 0.1) is 0 Å². The van der Waals surface area contributed by atoms with Gasteiger partial charge in [0.05, 0.1) is 10.7 Å². The number of hydrogen-bond donors (Lipinski definition) is 1. The Morgan fingerprint density at radius 3 is 2.85 bits per heavy atom. The maximum atomic E-state index is 12.8. The molecule has 5 nitrogen and oxygen atoms in total. The fourth-order valence-electron chi connectivity index (χ4n) is 3.22. The average molecular weight is 406 g/mol. The standard InChI is InChI=1S/C20H24ClN3O2S/c1-2-18(25)22-10-9-17-13-27-19(23-17)15-4-3-11-24(12-15)20(26)14-5-7-16(21)8-6-14/h5-8,13,15H,2-4,9-12H2,1H3,(H,22,25)/t15-/m0/s1. The van der Waals surface area contributed by atoms with Gasteiger partial charge in [-0.2, -0.15) is 0 Å². The minimum atomic E-state index is 0.0513. The zero-order valence-electron chi connectivity index (χ0n) is 15.4. The van der Waals surface area contributed by atoms with Crippen molar-refractivity contribution in [3.8, 4) is 0 Å². The number of nitrogens with zero attached hydrogens (tertiary/aromatic N) is 2. The third-order valence-corrected chi connectivity index (χ3v) is 6.05. The second-order valence-corrected chi connectivity index (χ2v) is 8.05. The van der Waals surface area contributed by atoms with Gasteiger partial charge in [0, 0.05) is 54.4 Å². The van der Waals surface area contributed by atoms with Gasteiger partial charge in [0.2, 0.25) is 5.91 Å². The van der Waals surface area contributed by atoms with E-state index in [1.54, 1.807) is 35.6 Å². The first-order valence-electron chi connectivity index (χ1n) is 9.32. The maximum Gasteiger partial charge on any atom is 0.253 e. The summed E-state index contributed by atoms with van der Waals surface area (Å²) in [5, 5.41) is 6.66. The third kappa shape index (κ3) is 5.30. The van der Waals surface area contributed by atoms with Crippen LogP contribution >= 0.6 is 22.9 Å². The SMILES string of the molecule is CCC(=O)NCCc1csc([C@H]2CCCN(C(=O)c3ccc(Cl)cc3)C2)n1. The van der Waals surface area contributed by atoms with E-state index in [-0.39, 0.29) is 17.7 Å². The first-order valence-corrected chi connectivity index (χ1v) is 10.6. The van der Waals surface area contributed by atoms with Gasteiger partial charge in [-0.3, -0.25) is 9.59 Å². The first kappa shape index (κ1) is 19.8. The van der Waals surface area contributed by atoms with E-state index in [9.17, 15) is 9.59 Å². The van der Waals surface area contributed by atoms with Gasteiger partial charge in [-0.25, -0.2) is 4.98 Å². The van der Waals surface area contributed by atoms with E-state index in [2.05, 4.69) is 10.7 Å². The Balaban J connectivity index is 1.58. The average Bonchev–Trinajstić information content (AvgIpc) is 3.17. The van der Waals surface area contributed by atoms with Crippen LogP contribution in [0.4, 0.5) is 0 Å². The lowest BCUT2D eigenvalue weighted by atomic mass is 9.98. The number of carbonyl (C=O) groups excluding carboxylic acids is 2. The van der Waals surface area contributed by atoms with Gasteiger partial charge in [0.25, 0.3) is 5.91 Å². The highest BCUT2D eigenvalue weighted by atomic mass is 35.5. The third-order valence-electron chi connectivity index (χ3n) is 4.74. The molecule has 144 valence electrons. The molecule has 2 amide bonds. The van der Waals surface area contributed by atoms with E-state index in [0.29, 0.717) is 30.1 Å². The summed E-state index contributed by atoms with van der Waals surface area (Å²) in [6.45, 7) is 3.93. The topological polar surface area (TPSA) is 62.3 Å². The Morgan fingerprint density at radius 1 is 1.33 bits per heavy atom. The number of hydrogen-bond acceptors (Lipinski definition) is 4. The summed E-state index contributed by atoms with van der Waals surface area (Å²) in [6, 6.07) is 7.06. The van der Waals surface area contributed by atoms with Crippen molar-refractivity contribution in [2.75, 3.05) is 19.6 Å². The molecule has 0 bridgehead atoms. The van der Waals surface area contributed by atoms with Crippen LogP contribution in [0.3, 0.4) is 0 Å². The molecule has 3 rings (SSSR count). The van der Waals surface area contributed by atoms with E-state index in [4.69, 9.17) is 16.6 Å². The van der Waals surface area contributed by atoms with E-state index in [1.165, 1.54) is 0 Å². The fourth-order valence-corrected chi connectivity index (χ4v) is 4.33. The van der Waals surface area contributed by atoms with Crippen molar-refractivity contribution >= 4 is 34.8 Å². The Bertz CT molecular complexity index is 791. The largest absolute Gasteiger partial charge is 0.356 e. The molecule has 2 aromatic rings. The number of likely N-dealkylation sites (tertiary alicyclic amines) is 1. The smallest absolute Gasteiger partial charge is 0.253 e. The lowest BCUT2D eigenvalue weighted by Gasteiger charge is -2.32. The van der Waals surface area contributed by atoms with Crippen molar-refractivity contribution in [2.24, 2.45) is 0 Å². The van der Waals surface area contributed by atoms with Gasteiger partial charge in [-0.15, -0.1) is 11.3 Å². The van der Waals surface area contributed by atoms with Gasteiger partial charge >= 0.3 is 0 Å². The Hall–Kier alpha value is -1.92. The molecule has 1 N–H and O–H groups in total. The molecule has 0 spiro atoms. The molecule has 1 saturated heterocycles. The van der Waals surface area contributed by atoms with Gasteiger partial charge < -0.3 is 10.2 Å². The van der Waals surface area contributed by atoms with Gasteiger partial charge in [0.1, 0.15) is 0 Å². The highest BCUT2D eigenvalue weighted by molar-refractivity contribution is 7.09. The van der Waals surface area contributed by atoms with Crippen molar-refractivity contribution in [1.82, 2.24) is 15.2 Å². The Kier molecular flexibility index (Phi) is 6.85.